The molecule has 1 aliphatic heterocycles. The molecule has 9 heteroatoms. The molecule has 20 heavy (non-hydrogen) atoms. The summed E-state index contributed by atoms with van der Waals surface area (Å²) in [5.41, 5.74) is 0. The van der Waals surface area contributed by atoms with Crippen LogP contribution in [-0.4, -0.2) is 41.2 Å². The fourth-order valence-electron chi connectivity index (χ4n) is 1.45. The molecule has 2 heterocycles. The minimum absolute atomic E-state index is 0.176. The maximum Gasteiger partial charge on any atom is 0.433 e. The van der Waals surface area contributed by atoms with Crippen molar-refractivity contribution >= 4 is 34.8 Å². The van der Waals surface area contributed by atoms with Crippen molar-refractivity contribution in [2.24, 2.45) is 10.1 Å². The third kappa shape index (κ3) is 2.99. The van der Waals surface area contributed by atoms with E-state index in [4.69, 9.17) is 4.42 Å². The monoisotopic (exact) mass is 296 g/mol. The molecular weight excluding hydrogens is 284 g/mol. The lowest BCUT2D eigenvalue weighted by Gasteiger charge is -2.14. The summed E-state index contributed by atoms with van der Waals surface area (Å²) in [5.74, 6) is -0.00673. The van der Waals surface area contributed by atoms with Gasteiger partial charge in [0.05, 0.1) is 12.8 Å². The van der Waals surface area contributed by atoms with E-state index in [-0.39, 0.29) is 12.4 Å². The van der Waals surface area contributed by atoms with Crippen LogP contribution in [0.25, 0.3) is 0 Å². The first-order chi connectivity index (χ1) is 9.65. The van der Waals surface area contributed by atoms with Gasteiger partial charge in [-0.15, -0.1) is 0 Å². The first kappa shape index (κ1) is 14.1. The molecule has 0 aromatic carbocycles. The Bertz CT molecular complexity index is 567. The van der Waals surface area contributed by atoms with Gasteiger partial charge in [0.2, 0.25) is 0 Å². The van der Waals surface area contributed by atoms with E-state index < -0.39 is 12.0 Å². The lowest BCUT2D eigenvalue weighted by atomic mass is 10.4. The van der Waals surface area contributed by atoms with Crippen LogP contribution in [0.1, 0.15) is 5.76 Å². The lowest BCUT2D eigenvalue weighted by Crippen LogP contribution is -2.32. The minimum atomic E-state index is -0.768. The third-order valence-corrected chi connectivity index (χ3v) is 3.04. The molecule has 1 aromatic heterocycles. The van der Waals surface area contributed by atoms with Gasteiger partial charge in [0, 0.05) is 7.05 Å². The summed E-state index contributed by atoms with van der Waals surface area (Å²) in [7, 11) is 1.39. The smallest absolute Gasteiger partial charge is 0.433 e. The molecule has 0 saturated heterocycles. The Balaban J connectivity index is 2.13. The Morgan fingerprint density at radius 2 is 2.45 bits per heavy atom. The van der Waals surface area contributed by atoms with E-state index in [1.54, 1.807) is 18.4 Å². The topological polar surface area (TPSA) is 96.5 Å². The Labute approximate surface area is 118 Å². The molecule has 0 saturated carbocycles. The molecule has 106 valence electrons. The fourth-order valence-corrected chi connectivity index (χ4v) is 2.00. The van der Waals surface area contributed by atoms with Crippen LogP contribution in [0.3, 0.4) is 0 Å². The van der Waals surface area contributed by atoms with Gasteiger partial charge in [0.15, 0.2) is 5.17 Å². The number of nitrogens with one attached hydrogen (secondary N) is 1. The number of rotatable bonds is 3. The van der Waals surface area contributed by atoms with Crippen molar-refractivity contribution in [3.63, 3.8) is 0 Å². The Kier molecular flexibility index (Phi) is 4.41. The second-order valence-electron chi connectivity index (χ2n) is 3.61. The van der Waals surface area contributed by atoms with Crippen molar-refractivity contribution in [1.29, 1.82) is 0 Å². The van der Waals surface area contributed by atoms with Crippen LogP contribution in [0, 0.1) is 0 Å². The quantitative estimate of drug-likeness (QED) is 0.663. The van der Waals surface area contributed by atoms with Gasteiger partial charge in [-0.25, -0.2) is 4.79 Å². The second-order valence-corrected chi connectivity index (χ2v) is 4.39. The number of hydrogen-bond acceptors (Lipinski definition) is 6. The summed E-state index contributed by atoms with van der Waals surface area (Å²) in [6.45, 7) is 0.241. The predicted octanol–water partition coefficient (Wildman–Crippen LogP) is 1.01. The molecule has 0 bridgehead atoms. The van der Waals surface area contributed by atoms with Crippen molar-refractivity contribution in [1.82, 2.24) is 10.2 Å². The maximum absolute atomic E-state index is 12.1. The van der Waals surface area contributed by atoms with E-state index in [0.717, 1.165) is 0 Å². The van der Waals surface area contributed by atoms with E-state index in [0.29, 0.717) is 10.9 Å². The van der Waals surface area contributed by atoms with E-state index >= 15 is 0 Å². The van der Waals surface area contributed by atoms with Crippen molar-refractivity contribution < 1.29 is 18.8 Å². The number of hydrogen-bond donors (Lipinski definition) is 1. The standard InChI is InChI=1S/C11H12N4O4S/c1-12-11(17)19-14-8-9(16)15(10(13-8)20-2)6-7-4-3-5-18-7/h3-5H,6H2,1-2H3,(H,12,17)/b14-8-. The number of carbonyl (C=O) groups excluding carboxylic acids is 2. The Morgan fingerprint density at radius 3 is 3.05 bits per heavy atom. The fraction of sp³-hybridized carbons (Fsp3) is 0.273. The molecule has 2 amide bonds. The summed E-state index contributed by atoms with van der Waals surface area (Å²) >= 11 is 1.29. The van der Waals surface area contributed by atoms with Crippen LogP contribution >= 0.6 is 11.8 Å². The van der Waals surface area contributed by atoms with Crippen LogP contribution in [-0.2, 0) is 16.2 Å². The van der Waals surface area contributed by atoms with E-state index in [9.17, 15) is 9.59 Å². The van der Waals surface area contributed by atoms with Gasteiger partial charge in [-0.2, -0.15) is 4.99 Å². The first-order valence-corrected chi connectivity index (χ1v) is 6.82. The average molecular weight is 296 g/mol. The van der Waals surface area contributed by atoms with E-state index in [2.05, 4.69) is 20.3 Å². The van der Waals surface area contributed by atoms with Crippen molar-refractivity contribution in [2.45, 2.75) is 6.54 Å². The van der Waals surface area contributed by atoms with Gasteiger partial charge in [0.25, 0.3) is 5.84 Å². The van der Waals surface area contributed by atoms with Crippen LogP contribution in [0.15, 0.2) is 33.0 Å². The molecule has 0 unspecified atom stereocenters. The summed E-state index contributed by atoms with van der Waals surface area (Å²) in [4.78, 5) is 32.9. The molecule has 8 nitrogen and oxygen atoms in total. The van der Waals surface area contributed by atoms with Crippen LogP contribution in [0.2, 0.25) is 0 Å². The molecule has 1 aromatic rings. The molecule has 1 N–H and O–H groups in total. The number of furan rings is 1. The number of oxime groups is 1. The van der Waals surface area contributed by atoms with Gasteiger partial charge in [-0.05, 0) is 23.5 Å². The minimum Gasteiger partial charge on any atom is -0.467 e. The van der Waals surface area contributed by atoms with Gasteiger partial charge >= 0.3 is 12.0 Å². The molecule has 0 fully saturated rings. The molecule has 0 aliphatic carbocycles. The molecule has 0 spiro atoms. The van der Waals surface area contributed by atoms with E-state index in [1.807, 2.05) is 0 Å². The number of aliphatic imine (C=N–C) groups is 1. The molecule has 1 aliphatic rings. The summed E-state index contributed by atoms with van der Waals surface area (Å²) in [6.07, 6.45) is 2.54. The number of nitrogens with zero attached hydrogens (tertiary/aromatic N) is 3. The Morgan fingerprint density at radius 1 is 1.65 bits per heavy atom. The van der Waals surface area contributed by atoms with Gasteiger partial charge in [-0.3, -0.25) is 14.5 Å². The zero-order valence-corrected chi connectivity index (χ0v) is 11.6. The summed E-state index contributed by atoms with van der Waals surface area (Å²) < 4.78 is 5.19. The van der Waals surface area contributed by atoms with Crippen molar-refractivity contribution in [3.05, 3.63) is 24.2 Å². The molecule has 0 radical (unpaired) electrons. The SMILES string of the molecule is CNC(=O)O/N=C1\N=C(SC)N(Cc2ccco2)C1=O. The van der Waals surface area contributed by atoms with Gasteiger partial charge in [-0.1, -0.05) is 11.8 Å². The normalized spacial score (nSPS) is 16.5. The molecule has 0 atom stereocenters. The van der Waals surface area contributed by atoms with Crippen molar-refractivity contribution in [2.75, 3.05) is 13.3 Å². The second kappa shape index (κ2) is 6.24. The Hall–Kier alpha value is -2.29. The van der Waals surface area contributed by atoms with Crippen LogP contribution < -0.4 is 5.32 Å². The van der Waals surface area contributed by atoms with Gasteiger partial charge < -0.3 is 9.73 Å². The largest absolute Gasteiger partial charge is 0.467 e. The van der Waals surface area contributed by atoms with Crippen LogP contribution in [0.4, 0.5) is 4.79 Å². The van der Waals surface area contributed by atoms with Crippen molar-refractivity contribution in [3.8, 4) is 0 Å². The number of thioether (sulfide) groups is 1. The predicted molar refractivity (Wildman–Crippen MR) is 73.2 cm³/mol. The highest BCUT2D eigenvalue weighted by molar-refractivity contribution is 8.13. The molecule has 2 rings (SSSR count). The highest BCUT2D eigenvalue weighted by Gasteiger charge is 2.32. The summed E-state index contributed by atoms with van der Waals surface area (Å²) in [5, 5.41) is 6.11. The number of carbonyl (C=O) groups is 2. The van der Waals surface area contributed by atoms with Crippen LogP contribution in [0.5, 0.6) is 0 Å². The van der Waals surface area contributed by atoms with Gasteiger partial charge in [0.1, 0.15) is 5.76 Å². The molecular formula is C11H12N4O4S. The number of amides is 2. The maximum atomic E-state index is 12.1. The average Bonchev–Trinajstić information content (AvgIpc) is 3.07. The van der Waals surface area contributed by atoms with E-state index in [1.165, 1.54) is 30.0 Å². The third-order valence-electron chi connectivity index (χ3n) is 2.36. The lowest BCUT2D eigenvalue weighted by molar-refractivity contribution is -0.120. The zero-order chi connectivity index (χ0) is 14.5. The summed E-state index contributed by atoms with van der Waals surface area (Å²) in [6, 6.07) is 3.48. The first-order valence-electron chi connectivity index (χ1n) is 5.59. The highest BCUT2D eigenvalue weighted by atomic mass is 32.2. The highest BCUT2D eigenvalue weighted by Crippen LogP contribution is 2.18. The zero-order valence-electron chi connectivity index (χ0n) is 10.8. The number of amidine groups is 2.